The smallest absolute Gasteiger partial charge is 0.128 e. The van der Waals surface area contributed by atoms with Crippen LogP contribution in [0.3, 0.4) is 0 Å². The molecule has 0 radical (unpaired) electrons. The number of rotatable bonds is 1. The van der Waals surface area contributed by atoms with Crippen molar-refractivity contribution in [3.63, 3.8) is 0 Å². The molecule has 1 aliphatic rings. The van der Waals surface area contributed by atoms with Crippen molar-refractivity contribution >= 4 is 5.69 Å². The van der Waals surface area contributed by atoms with Crippen LogP contribution >= 0.6 is 0 Å². The van der Waals surface area contributed by atoms with Crippen LogP contribution in [0.1, 0.15) is 18.9 Å². The summed E-state index contributed by atoms with van der Waals surface area (Å²) in [6.07, 6.45) is 1.11. The molecule has 0 saturated carbocycles. The first-order valence-electron chi connectivity index (χ1n) is 6.39. The summed E-state index contributed by atoms with van der Waals surface area (Å²) in [6.45, 7) is 8.20. The van der Waals surface area contributed by atoms with Gasteiger partial charge in [0, 0.05) is 24.3 Å². The molecule has 0 spiro atoms. The van der Waals surface area contributed by atoms with Crippen LogP contribution in [0.4, 0.5) is 10.1 Å². The van der Waals surface area contributed by atoms with Crippen molar-refractivity contribution in [1.29, 1.82) is 0 Å². The number of hydrogen-bond donors (Lipinski definition) is 1. The predicted octanol–water partition coefficient (Wildman–Crippen LogP) is 2.57. The van der Waals surface area contributed by atoms with Gasteiger partial charge in [-0.3, -0.25) is 0 Å². The Kier molecular flexibility index (Phi) is 4.00. The fraction of sp³-hybridized carbons (Fsp3) is 0.571. The minimum Gasteiger partial charge on any atom is -0.371 e. The number of halogens is 1. The molecule has 1 aromatic rings. The van der Waals surface area contributed by atoms with Crippen LogP contribution in [0.15, 0.2) is 18.2 Å². The summed E-state index contributed by atoms with van der Waals surface area (Å²) in [5, 5.41) is 3.43. The first kappa shape index (κ1) is 12.4. The Morgan fingerprint density at radius 3 is 3.06 bits per heavy atom. The van der Waals surface area contributed by atoms with E-state index in [2.05, 4.69) is 17.1 Å². The summed E-state index contributed by atoms with van der Waals surface area (Å²) in [5.74, 6) is 0.494. The lowest BCUT2D eigenvalue weighted by molar-refractivity contribution is 0.467. The molecule has 2 rings (SSSR count). The fourth-order valence-corrected chi connectivity index (χ4v) is 2.43. The molecule has 0 aromatic heterocycles. The van der Waals surface area contributed by atoms with E-state index in [0.29, 0.717) is 5.92 Å². The largest absolute Gasteiger partial charge is 0.371 e. The van der Waals surface area contributed by atoms with Crippen LogP contribution < -0.4 is 10.2 Å². The van der Waals surface area contributed by atoms with E-state index in [1.165, 1.54) is 6.07 Å². The second-order valence-electron chi connectivity index (χ2n) is 4.99. The molecule has 1 aliphatic heterocycles. The second-order valence-corrected chi connectivity index (χ2v) is 4.99. The van der Waals surface area contributed by atoms with Crippen LogP contribution in [-0.2, 0) is 0 Å². The van der Waals surface area contributed by atoms with E-state index in [9.17, 15) is 4.39 Å². The maximum Gasteiger partial charge on any atom is 0.128 e. The van der Waals surface area contributed by atoms with Gasteiger partial charge in [0.2, 0.25) is 0 Å². The third-order valence-corrected chi connectivity index (χ3v) is 3.39. The Morgan fingerprint density at radius 2 is 2.24 bits per heavy atom. The molecule has 1 N–H and O–H groups in total. The zero-order valence-corrected chi connectivity index (χ0v) is 10.7. The van der Waals surface area contributed by atoms with Crippen molar-refractivity contribution in [2.24, 2.45) is 5.92 Å². The third kappa shape index (κ3) is 2.97. The summed E-state index contributed by atoms with van der Waals surface area (Å²) in [5.41, 5.74) is 1.83. The molecule has 1 heterocycles. The number of benzene rings is 1. The van der Waals surface area contributed by atoms with Gasteiger partial charge in [-0.1, -0.05) is 13.0 Å². The molecule has 2 nitrogen and oxygen atoms in total. The summed E-state index contributed by atoms with van der Waals surface area (Å²) in [6, 6.07) is 5.37. The Labute approximate surface area is 103 Å². The van der Waals surface area contributed by atoms with E-state index in [1.54, 1.807) is 6.07 Å². The lowest BCUT2D eigenvalue weighted by Crippen LogP contribution is -2.39. The highest BCUT2D eigenvalue weighted by molar-refractivity contribution is 5.53. The van der Waals surface area contributed by atoms with Crippen LogP contribution in [0.25, 0.3) is 0 Å². The normalized spacial score (nSPS) is 22.1. The average molecular weight is 236 g/mol. The van der Waals surface area contributed by atoms with Crippen LogP contribution in [-0.4, -0.2) is 26.2 Å². The highest BCUT2D eigenvalue weighted by Gasteiger charge is 2.16. The molecule has 0 bridgehead atoms. The van der Waals surface area contributed by atoms with Gasteiger partial charge in [-0.2, -0.15) is 0 Å². The van der Waals surface area contributed by atoms with Gasteiger partial charge in [0.25, 0.3) is 0 Å². The molecule has 0 aliphatic carbocycles. The topological polar surface area (TPSA) is 15.3 Å². The predicted molar refractivity (Wildman–Crippen MR) is 70.0 cm³/mol. The average Bonchev–Trinajstić information content (AvgIpc) is 2.27. The summed E-state index contributed by atoms with van der Waals surface area (Å²) in [4.78, 5) is 2.32. The summed E-state index contributed by atoms with van der Waals surface area (Å²) < 4.78 is 13.6. The molecule has 94 valence electrons. The maximum atomic E-state index is 13.6. The van der Waals surface area contributed by atoms with Gasteiger partial charge >= 0.3 is 0 Å². The lowest BCUT2D eigenvalue weighted by Gasteiger charge is -2.31. The Balaban J connectivity index is 2.20. The SMILES string of the molecule is Cc1c(F)cccc1N1CCCNCC(C)C1. The highest BCUT2D eigenvalue weighted by Crippen LogP contribution is 2.23. The van der Waals surface area contributed by atoms with Gasteiger partial charge in [-0.15, -0.1) is 0 Å². The standard InChI is InChI=1S/C14H21FN2/c1-11-9-16-7-4-8-17(10-11)14-6-3-5-13(15)12(14)2/h3,5-6,11,16H,4,7-10H2,1-2H3. The molecular formula is C14H21FN2. The van der Waals surface area contributed by atoms with Crippen molar-refractivity contribution in [2.45, 2.75) is 20.3 Å². The molecule has 3 heteroatoms. The molecule has 1 aromatic carbocycles. The Morgan fingerprint density at radius 1 is 1.41 bits per heavy atom. The molecule has 1 saturated heterocycles. The van der Waals surface area contributed by atoms with Crippen LogP contribution in [0.2, 0.25) is 0 Å². The van der Waals surface area contributed by atoms with Crippen LogP contribution in [0, 0.1) is 18.7 Å². The zero-order valence-electron chi connectivity index (χ0n) is 10.7. The van der Waals surface area contributed by atoms with Gasteiger partial charge in [-0.05, 0) is 44.5 Å². The number of nitrogens with one attached hydrogen (secondary N) is 1. The maximum absolute atomic E-state index is 13.6. The molecule has 0 amide bonds. The lowest BCUT2D eigenvalue weighted by atomic mass is 10.1. The Hall–Kier alpha value is -1.09. The van der Waals surface area contributed by atoms with Gasteiger partial charge in [0.05, 0.1) is 0 Å². The highest BCUT2D eigenvalue weighted by atomic mass is 19.1. The number of anilines is 1. The molecule has 1 unspecified atom stereocenters. The van der Waals surface area contributed by atoms with Crippen molar-refractivity contribution in [1.82, 2.24) is 5.32 Å². The third-order valence-electron chi connectivity index (χ3n) is 3.39. The zero-order chi connectivity index (χ0) is 12.3. The molecule has 17 heavy (non-hydrogen) atoms. The van der Waals surface area contributed by atoms with Crippen molar-refractivity contribution < 1.29 is 4.39 Å². The minimum atomic E-state index is -0.102. The number of nitrogens with zero attached hydrogens (tertiary/aromatic N) is 1. The van der Waals surface area contributed by atoms with Crippen molar-refractivity contribution in [3.8, 4) is 0 Å². The van der Waals surface area contributed by atoms with Gasteiger partial charge in [-0.25, -0.2) is 4.39 Å². The van der Waals surface area contributed by atoms with Crippen LogP contribution in [0.5, 0.6) is 0 Å². The van der Waals surface area contributed by atoms with Gasteiger partial charge < -0.3 is 10.2 Å². The van der Waals surface area contributed by atoms with E-state index in [0.717, 1.165) is 43.9 Å². The van der Waals surface area contributed by atoms with E-state index in [4.69, 9.17) is 0 Å². The van der Waals surface area contributed by atoms with Crippen molar-refractivity contribution in [3.05, 3.63) is 29.6 Å². The van der Waals surface area contributed by atoms with E-state index < -0.39 is 0 Å². The van der Waals surface area contributed by atoms with Gasteiger partial charge in [0.1, 0.15) is 5.82 Å². The quantitative estimate of drug-likeness (QED) is 0.806. The fourth-order valence-electron chi connectivity index (χ4n) is 2.43. The minimum absolute atomic E-state index is 0.102. The monoisotopic (exact) mass is 236 g/mol. The first-order valence-corrected chi connectivity index (χ1v) is 6.39. The summed E-state index contributed by atoms with van der Waals surface area (Å²) >= 11 is 0. The van der Waals surface area contributed by atoms with E-state index in [-0.39, 0.29) is 5.82 Å². The van der Waals surface area contributed by atoms with E-state index >= 15 is 0 Å². The first-order chi connectivity index (χ1) is 8.18. The van der Waals surface area contributed by atoms with Gasteiger partial charge in [0.15, 0.2) is 0 Å². The second kappa shape index (κ2) is 5.50. The van der Waals surface area contributed by atoms with E-state index in [1.807, 2.05) is 13.0 Å². The molecule has 1 fully saturated rings. The summed E-state index contributed by atoms with van der Waals surface area (Å²) in [7, 11) is 0. The van der Waals surface area contributed by atoms with Crippen molar-refractivity contribution in [2.75, 3.05) is 31.1 Å². The molecule has 1 atom stereocenters. The number of hydrogen-bond acceptors (Lipinski definition) is 2. The molecular weight excluding hydrogens is 215 g/mol. The Bertz CT molecular complexity index is 378.